The SMILES string of the molecule is CC[N+](C)(C)C1C2CCC(C2)C1(C)C. The normalized spacial score (nSPS) is 40.5. The number of fused-ring (bicyclic) bond motifs is 2. The molecule has 3 unspecified atom stereocenters. The van der Waals surface area contributed by atoms with Gasteiger partial charge in [0, 0.05) is 11.3 Å². The molecule has 0 amide bonds. The molecular formula is C13H26N+. The van der Waals surface area contributed by atoms with E-state index in [4.69, 9.17) is 0 Å². The minimum Gasteiger partial charge on any atom is -0.326 e. The van der Waals surface area contributed by atoms with Crippen LogP contribution in [-0.4, -0.2) is 31.2 Å². The van der Waals surface area contributed by atoms with E-state index in [0.29, 0.717) is 5.41 Å². The van der Waals surface area contributed by atoms with E-state index in [1.807, 2.05) is 0 Å². The van der Waals surface area contributed by atoms with Gasteiger partial charge in [-0.1, -0.05) is 13.8 Å². The fourth-order valence-corrected chi connectivity index (χ4v) is 4.50. The Balaban J connectivity index is 2.27. The Bertz CT molecular complexity index is 229. The Morgan fingerprint density at radius 1 is 1.21 bits per heavy atom. The second-order valence-corrected chi connectivity index (χ2v) is 6.63. The van der Waals surface area contributed by atoms with Crippen LogP contribution in [0.4, 0.5) is 0 Å². The van der Waals surface area contributed by atoms with Gasteiger partial charge >= 0.3 is 0 Å². The molecule has 0 radical (unpaired) electrons. The monoisotopic (exact) mass is 196 g/mol. The number of quaternary nitrogens is 1. The van der Waals surface area contributed by atoms with Gasteiger partial charge in [0.25, 0.3) is 0 Å². The van der Waals surface area contributed by atoms with Crippen molar-refractivity contribution in [1.29, 1.82) is 0 Å². The topological polar surface area (TPSA) is 0 Å². The van der Waals surface area contributed by atoms with E-state index in [1.54, 1.807) is 0 Å². The summed E-state index contributed by atoms with van der Waals surface area (Å²) in [5, 5.41) is 0. The van der Waals surface area contributed by atoms with Crippen LogP contribution in [0.25, 0.3) is 0 Å². The number of hydrogen-bond acceptors (Lipinski definition) is 0. The van der Waals surface area contributed by atoms with Crippen LogP contribution in [0.15, 0.2) is 0 Å². The maximum atomic E-state index is 2.51. The third kappa shape index (κ3) is 1.25. The van der Waals surface area contributed by atoms with Crippen molar-refractivity contribution in [3.63, 3.8) is 0 Å². The van der Waals surface area contributed by atoms with Gasteiger partial charge in [-0.2, -0.15) is 0 Å². The van der Waals surface area contributed by atoms with Crippen LogP contribution in [0.5, 0.6) is 0 Å². The highest BCUT2D eigenvalue weighted by atomic mass is 15.3. The van der Waals surface area contributed by atoms with Crippen molar-refractivity contribution < 1.29 is 4.48 Å². The summed E-state index contributed by atoms with van der Waals surface area (Å²) in [5.74, 6) is 2.03. The molecule has 2 aliphatic rings. The van der Waals surface area contributed by atoms with Crippen LogP contribution >= 0.6 is 0 Å². The number of nitrogens with zero attached hydrogens (tertiary/aromatic N) is 1. The summed E-state index contributed by atoms with van der Waals surface area (Å²) < 4.78 is 1.23. The van der Waals surface area contributed by atoms with Crippen molar-refractivity contribution in [3.05, 3.63) is 0 Å². The van der Waals surface area contributed by atoms with E-state index in [1.165, 1.54) is 30.3 Å². The fraction of sp³-hybridized carbons (Fsp3) is 1.00. The Hall–Kier alpha value is -0.0400. The highest BCUT2D eigenvalue weighted by molar-refractivity contribution is 5.02. The second-order valence-electron chi connectivity index (χ2n) is 6.63. The predicted molar refractivity (Wildman–Crippen MR) is 61.0 cm³/mol. The molecule has 2 aliphatic carbocycles. The lowest BCUT2D eigenvalue weighted by atomic mass is 9.71. The van der Waals surface area contributed by atoms with Crippen molar-refractivity contribution in [3.8, 4) is 0 Å². The molecule has 1 nitrogen and oxygen atoms in total. The van der Waals surface area contributed by atoms with Crippen LogP contribution in [0.1, 0.15) is 40.0 Å². The Kier molecular flexibility index (Phi) is 2.23. The summed E-state index contributed by atoms with van der Waals surface area (Å²) in [5.41, 5.74) is 0.586. The first-order chi connectivity index (χ1) is 6.39. The zero-order chi connectivity index (χ0) is 10.6. The molecule has 0 spiro atoms. The van der Waals surface area contributed by atoms with Gasteiger partial charge in [-0.25, -0.2) is 0 Å². The molecule has 2 saturated carbocycles. The van der Waals surface area contributed by atoms with Gasteiger partial charge in [-0.15, -0.1) is 0 Å². The molecule has 2 rings (SSSR count). The third-order valence-corrected chi connectivity index (χ3v) is 5.30. The molecule has 0 saturated heterocycles. The highest BCUT2D eigenvalue weighted by Gasteiger charge is 2.58. The van der Waals surface area contributed by atoms with Gasteiger partial charge in [0.15, 0.2) is 0 Å². The average molecular weight is 196 g/mol. The predicted octanol–water partition coefficient (Wildman–Crippen LogP) is 2.91. The van der Waals surface area contributed by atoms with Crippen LogP contribution in [0.3, 0.4) is 0 Å². The van der Waals surface area contributed by atoms with Crippen molar-refractivity contribution in [2.75, 3.05) is 20.6 Å². The van der Waals surface area contributed by atoms with Gasteiger partial charge in [0.1, 0.15) is 0 Å². The van der Waals surface area contributed by atoms with E-state index in [9.17, 15) is 0 Å². The van der Waals surface area contributed by atoms with Crippen LogP contribution in [-0.2, 0) is 0 Å². The molecule has 0 aromatic heterocycles. The first-order valence-electron chi connectivity index (χ1n) is 6.22. The molecule has 0 N–H and O–H groups in total. The lowest BCUT2D eigenvalue weighted by molar-refractivity contribution is -0.923. The highest BCUT2D eigenvalue weighted by Crippen LogP contribution is 2.58. The van der Waals surface area contributed by atoms with E-state index >= 15 is 0 Å². The Morgan fingerprint density at radius 2 is 1.86 bits per heavy atom. The van der Waals surface area contributed by atoms with E-state index in [2.05, 4.69) is 34.9 Å². The first-order valence-corrected chi connectivity index (χ1v) is 6.22. The molecule has 14 heavy (non-hydrogen) atoms. The zero-order valence-corrected chi connectivity index (χ0v) is 10.5. The average Bonchev–Trinajstić information content (AvgIpc) is 2.60. The standard InChI is InChI=1S/C13H26N/c1-6-14(4,5)12-10-7-8-11(9-10)13(12,2)3/h10-12H,6-9H2,1-5H3/q+1. The van der Waals surface area contributed by atoms with Gasteiger partial charge in [-0.05, 0) is 32.1 Å². The molecular weight excluding hydrogens is 170 g/mol. The van der Waals surface area contributed by atoms with Crippen LogP contribution < -0.4 is 0 Å². The van der Waals surface area contributed by atoms with Crippen molar-refractivity contribution in [1.82, 2.24) is 0 Å². The van der Waals surface area contributed by atoms with Crippen molar-refractivity contribution in [2.45, 2.75) is 46.1 Å². The lowest BCUT2D eigenvalue weighted by Crippen LogP contribution is -2.57. The molecule has 82 valence electrons. The molecule has 3 atom stereocenters. The van der Waals surface area contributed by atoms with E-state index in [-0.39, 0.29) is 0 Å². The Labute approximate surface area is 89.1 Å². The number of hydrogen-bond donors (Lipinski definition) is 0. The molecule has 0 aliphatic heterocycles. The maximum Gasteiger partial charge on any atom is 0.0968 e. The Morgan fingerprint density at radius 3 is 2.29 bits per heavy atom. The van der Waals surface area contributed by atoms with Gasteiger partial charge in [-0.3, -0.25) is 0 Å². The van der Waals surface area contributed by atoms with Crippen molar-refractivity contribution in [2.24, 2.45) is 17.3 Å². The molecule has 0 aromatic carbocycles. The first kappa shape index (κ1) is 10.5. The summed E-state index contributed by atoms with van der Waals surface area (Å²) in [7, 11) is 4.85. The van der Waals surface area contributed by atoms with Gasteiger partial charge in [0.2, 0.25) is 0 Å². The summed E-state index contributed by atoms with van der Waals surface area (Å²) in [4.78, 5) is 0. The second kappa shape index (κ2) is 2.98. The molecule has 2 fully saturated rings. The van der Waals surface area contributed by atoms with Gasteiger partial charge < -0.3 is 4.48 Å². The molecule has 1 heteroatoms. The van der Waals surface area contributed by atoms with Crippen LogP contribution in [0, 0.1) is 17.3 Å². The summed E-state index contributed by atoms with van der Waals surface area (Å²) >= 11 is 0. The molecule has 0 heterocycles. The van der Waals surface area contributed by atoms with E-state index in [0.717, 1.165) is 17.9 Å². The third-order valence-electron chi connectivity index (χ3n) is 5.30. The zero-order valence-electron chi connectivity index (χ0n) is 10.5. The van der Waals surface area contributed by atoms with E-state index < -0.39 is 0 Å². The largest absolute Gasteiger partial charge is 0.326 e. The van der Waals surface area contributed by atoms with Gasteiger partial charge in [0.05, 0.1) is 26.7 Å². The smallest absolute Gasteiger partial charge is 0.0968 e. The minimum absolute atomic E-state index is 0.586. The number of rotatable bonds is 2. The fourth-order valence-electron chi connectivity index (χ4n) is 4.50. The quantitative estimate of drug-likeness (QED) is 0.596. The molecule has 2 bridgehead atoms. The summed E-state index contributed by atoms with van der Waals surface area (Å²) in [6.45, 7) is 8.63. The maximum absolute atomic E-state index is 2.51. The summed E-state index contributed by atoms with van der Waals surface area (Å²) in [6.07, 6.45) is 4.51. The van der Waals surface area contributed by atoms with Crippen molar-refractivity contribution >= 4 is 0 Å². The lowest BCUT2D eigenvalue weighted by Gasteiger charge is -2.48. The minimum atomic E-state index is 0.586. The van der Waals surface area contributed by atoms with Crippen LogP contribution in [0.2, 0.25) is 0 Å². The molecule has 0 aromatic rings. The summed E-state index contributed by atoms with van der Waals surface area (Å²) in [6, 6.07) is 0.909.